The van der Waals surface area contributed by atoms with Gasteiger partial charge in [0.25, 0.3) is 0 Å². The predicted molar refractivity (Wildman–Crippen MR) is 54.8 cm³/mol. The molecule has 0 saturated heterocycles. The fourth-order valence-electron chi connectivity index (χ4n) is 0.850. The molecule has 0 aromatic heterocycles. The van der Waals surface area contributed by atoms with Gasteiger partial charge in [0.15, 0.2) is 5.78 Å². The summed E-state index contributed by atoms with van der Waals surface area (Å²) in [6, 6.07) is 0. The van der Waals surface area contributed by atoms with Crippen molar-refractivity contribution in [2.75, 3.05) is 7.11 Å². The van der Waals surface area contributed by atoms with Gasteiger partial charge in [-0.05, 0) is 32.3 Å². The van der Waals surface area contributed by atoms with Crippen molar-refractivity contribution < 1.29 is 14.3 Å². The van der Waals surface area contributed by atoms with E-state index in [1.165, 1.54) is 20.1 Å². The Morgan fingerprint density at radius 1 is 1.14 bits per heavy atom. The summed E-state index contributed by atoms with van der Waals surface area (Å²) in [5, 5.41) is 0. The van der Waals surface area contributed by atoms with Crippen molar-refractivity contribution in [1.82, 2.24) is 0 Å². The van der Waals surface area contributed by atoms with Gasteiger partial charge < -0.3 is 4.74 Å². The molecule has 0 radical (unpaired) electrons. The molecule has 14 heavy (non-hydrogen) atoms. The number of carbonyl (C=O) groups excluding carboxylic acids is 2. The quantitative estimate of drug-likeness (QED) is 0.371. The number of carbonyl (C=O) groups is 2. The third kappa shape index (κ3) is 8.71. The minimum atomic E-state index is -0.329. The molecule has 3 heteroatoms. The molecule has 0 aromatic carbocycles. The molecule has 3 nitrogen and oxygen atoms in total. The number of ketones is 1. The van der Waals surface area contributed by atoms with E-state index in [0.29, 0.717) is 0 Å². The molecule has 0 aliphatic carbocycles. The first-order chi connectivity index (χ1) is 6.66. The third-order valence-corrected chi connectivity index (χ3v) is 1.55. The molecule has 0 amide bonds. The van der Waals surface area contributed by atoms with Gasteiger partial charge in [-0.1, -0.05) is 12.2 Å². The summed E-state index contributed by atoms with van der Waals surface area (Å²) in [5.74, 6) is -0.264. The average Bonchev–Trinajstić information content (AvgIpc) is 2.15. The Kier molecular flexibility index (Phi) is 7.42. The number of methoxy groups -OCH3 is 1. The molecule has 0 fully saturated rings. The lowest BCUT2D eigenvalue weighted by atomic mass is 10.2. The van der Waals surface area contributed by atoms with E-state index in [0.717, 1.165) is 19.3 Å². The zero-order chi connectivity index (χ0) is 10.8. The van der Waals surface area contributed by atoms with Crippen molar-refractivity contribution in [2.24, 2.45) is 0 Å². The van der Waals surface area contributed by atoms with Gasteiger partial charge >= 0.3 is 5.97 Å². The summed E-state index contributed by atoms with van der Waals surface area (Å²) >= 11 is 0. The van der Waals surface area contributed by atoms with Crippen molar-refractivity contribution in [2.45, 2.75) is 26.2 Å². The number of hydrogen-bond donors (Lipinski definition) is 0. The number of esters is 1. The van der Waals surface area contributed by atoms with Crippen molar-refractivity contribution >= 4 is 11.8 Å². The molecule has 0 spiro atoms. The molecule has 0 saturated carbocycles. The highest BCUT2D eigenvalue weighted by atomic mass is 16.5. The summed E-state index contributed by atoms with van der Waals surface area (Å²) < 4.78 is 4.42. The van der Waals surface area contributed by atoms with Gasteiger partial charge in [-0.2, -0.15) is 0 Å². The van der Waals surface area contributed by atoms with Gasteiger partial charge in [0.1, 0.15) is 0 Å². The summed E-state index contributed by atoms with van der Waals surface area (Å²) in [4.78, 5) is 21.1. The van der Waals surface area contributed by atoms with Crippen LogP contribution in [0.2, 0.25) is 0 Å². The van der Waals surface area contributed by atoms with Crippen LogP contribution in [0.25, 0.3) is 0 Å². The fourth-order valence-corrected chi connectivity index (χ4v) is 0.850. The molecule has 0 N–H and O–H groups in total. The Morgan fingerprint density at radius 2 is 1.71 bits per heavy atom. The first-order valence-corrected chi connectivity index (χ1v) is 4.58. The van der Waals surface area contributed by atoms with Crippen LogP contribution < -0.4 is 0 Å². The van der Waals surface area contributed by atoms with E-state index in [4.69, 9.17) is 0 Å². The van der Waals surface area contributed by atoms with Crippen LogP contribution in [0.15, 0.2) is 24.3 Å². The smallest absolute Gasteiger partial charge is 0.330 e. The zero-order valence-corrected chi connectivity index (χ0v) is 8.66. The van der Waals surface area contributed by atoms with Crippen LogP contribution in [0, 0.1) is 0 Å². The number of allylic oxidation sites excluding steroid dienone is 3. The standard InChI is InChI=1S/C11H16O3/c1-10(12)8-6-4-3-5-7-9-11(13)14-2/h6-9H,3-5H2,1-2H3/b8-6+,9-7+. The van der Waals surface area contributed by atoms with Gasteiger partial charge in [0, 0.05) is 6.08 Å². The topological polar surface area (TPSA) is 43.4 Å². The van der Waals surface area contributed by atoms with E-state index in [1.54, 1.807) is 12.2 Å². The Balaban J connectivity index is 3.42. The van der Waals surface area contributed by atoms with Gasteiger partial charge in [-0.3, -0.25) is 4.79 Å². The molecule has 78 valence electrons. The molecule has 0 heterocycles. The SMILES string of the molecule is COC(=O)/C=C/CCC/C=C/C(C)=O. The lowest BCUT2D eigenvalue weighted by molar-refractivity contribution is -0.134. The average molecular weight is 196 g/mol. The Labute approximate surface area is 84.4 Å². The van der Waals surface area contributed by atoms with Crippen LogP contribution >= 0.6 is 0 Å². The van der Waals surface area contributed by atoms with E-state index in [2.05, 4.69) is 4.74 Å². The van der Waals surface area contributed by atoms with Crippen molar-refractivity contribution in [3.05, 3.63) is 24.3 Å². The third-order valence-electron chi connectivity index (χ3n) is 1.55. The van der Waals surface area contributed by atoms with Crippen molar-refractivity contribution in [3.8, 4) is 0 Å². The van der Waals surface area contributed by atoms with Gasteiger partial charge in [-0.15, -0.1) is 0 Å². The van der Waals surface area contributed by atoms with E-state index < -0.39 is 0 Å². The van der Waals surface area contributed by atoms with Crippen LogP contribution in [0.3, 0.4) is 0 Å². The molecule has 0 unspecified atom stereocenters. The number of hydrogen-bond acceptors (Lipinski definition) is 3. The first-order valence-electron chi connectivity index (χ1n) is 4.58. The van der Waals surface area contributed by atoms with Crippen LogP contribution in [0.1, 0.15) is 26.2 Å². The second-order valence-electron chi connectivity index (χ2n) is 2.87. The van der Waals surface area contributed by atoms with Crippen molar-refractivity contribution in [3.63, 3.8) is 0 Å². The molecule has 0 aliphatic heterocycles. The van der Waals surface area contributed by atoms with Gasteiger partial charge in [0.2, 0.25) is 0 Å². The summed E-state index contributed by atoms with van der Waals surface area (Å²) in [7, 11) is 1.35. The number of unbranched alkanes of at least 4 members (excludes halogenated alkanes) is 2. The molecular weight excluding hydrogens is 180 g/mol. The monoisotopic (exact) mass is 196 g/mol. The minimum Gasteiger partial charge on any atom is -0.466 e. The highest BCUT2D eigenvalue weighted by Crippen LogP contribution is 1.98. The molecule has 0 aromatic rings. The van der Waals surface area contributed by atoms with Crippen LogP contribution in [-0.4, -0.2) is 18.9 Å². The highest BCUT2D eigenvalue weighted by molar-refractivity contribution is 5.87. The Bertz CT molecular complexity index is 239. The maximum absolute atomic E-state index is 10.6. The van der Waals surface area contributed by atoms with Crippen LogP contribution in [0.4, 0.5) is 0 Å². The largest absolute Gasteiger partial charge is 0.466 e. The molecule has 0 bridgehead atoms. The molecule has 0 rings (SSSR count). The van der Waals surface area contributed by atoms with Crippen LogP contribution in [0.5, 0.6) is 0 Å². The normalized spacial score (nSPS) is 11.0. The minimum absolute atomic E-state index is 0.0649. The molecular formula is C11H16O3. The lowest BCUT2D eigenvalue weighted by Gasteiger charge is -1.90. The summed E-state index contributed by atoms with van der Waals surface area (Å²) in [6.45, 7) is 1.52. The first kappa shape index (κ1) is 12.6. The van der Waals surface area contributed by atoms with E-state index in [9.17, 15) is 9.59 Å². The van der Waals surface area contributed by atoms with Gasteiger partial charge in [0.05, 0.1) is 7.11 Å². The van der Waals surface area contributed by atoms with E-state index >= 15 is 0 Å². The maximum atomic E-state index is 10.6. The maximum Gasteiger partial charge on any atom is 0.330 e. The second kappa shape index (κ2) is 8.23. The lowest BCUT2D eigenvalue weighted by Crippen LogP contribution is -1.93. The number of rotatable bonds is 6. The number of ether oxygens (including phenoxy) is 1. The molecule has 0 aliphatic rings. The molecule has 0 atom stereocenters. The Morgan fingerprint density at radius 3 is 2.21 bits per heavy atom. The fraction of sp³-hybridized carbons (Fsp3) is 0.455. The van der Waals surface area contributed by atoms with E-state index in [-0.39, 0.29) is 11.8 Å². The second-order valence-corrected chi connectivity index (χ2v) is 2.87. The predicted octanol–water partition coefficient (Wildman–Crippen LogP) is 2.03. The Hall–Kier alpha value is -1.38. The summed E-state index contributed by atoms with van der Waals surface area (Å²) in [6.07, 6.45) is 9.18. The van der Waals surface area contributed by atoms with Gasteiger partial charge in [-0.25, -0.2) is 4.79 Å². The highest BCUT2D eigenvalue weighted by Gasteiger charge is 1.89. The summed E-state index contributed by atoms with van der Waals surface area (Å²) in [5.41, 5.74) is 0. The van der Waals surface area contributed by atoms with Crippen molar-refractivity contribution in [1.29, 1.82) is 0 Å². The van der Waals surface area contributed by atoms with Crippen LogP contribution in [-0.2, 0) is 14.3 Å². The zero-order valence-electron chi connectivity index (χ0n) is 8.66. The van der Waals surface area contributed by atoms with E-state index in [1.807, 2.05) is 6.08 Å².